The molecule has 180 valence electrons. The maximum atomic E-state index is 13.9. The zero-order valence-electron chi connectivity index (χ0n) is 18.1. The van der Waals surface area contributed by atoms with Crippen LogP contribution >= 0.6 is 11.6 Å². The van der Waals surface area contributed by atoms with Crippen molar-refractivity contribution in [2.75, 3.05) is 31.5 Å². The van der Waals surface area contributed by atoms with Gasteiger partial charge >= 0.3 is 6.18 Å². The molecule has 3 aromatic rings. The number of carbonyl (C=O) groups is 1. The lowest BCUT2D eigenvalue weighted by Crippen LogP contribution is -2.48. The minimum Gasteiger partial charge on any atom is -0.467 e. The van der Waals surface area contributed by atoms with Crippen molar-refractivity contribution in [3.63, 3.8) is 0 Å². The first-order valence-corrected chi connectivity index (χ1v) is 11.4. The van der Waals surface area contributed by atoms with Crippen molar-refractivity contribution >= 4 is 23.3 Å². The Bertz CT molecular complexity index is 1140. The normalized spacial score (nSPS) is 21.2. The van der Waals surface area contributed by atoms with E-state index < -0.39 is 24.2 Å². The largest absolute Gasteiger partial charge is 0.467 e. The Morgan fingerprint density at radius 2 is 1.85 bits per heavy atom. The molecule has 1 N–H and O–H groups in total. The van der Waals surface area contributed by atoms with Crippen LogP contribution < -0.4 is 5.32 Å². The van der Waals surface area contributed by atoms with Gasteiger partial charge in [0, 0.05) is 39.1 Å². The standard InChI is InChI=1S/C23H23ClF3N5O2/c24-19-20(22(33)31-10-8-30(9-11-31)14-15-5-2-1-3-6-15)29-32-18(23(25,26)27)13-16(28-21(19)32)17-7-4-12-34-17/h1-7,12,16,18,28H,8-11,13-14H2/t16-,18+/m1/s1. The number of fused-ring (bicyclic) bond motifs is 1. The van der Waals surface area contributed by atoms with Gasteiger partial charge in [-0.25, -0.2) is 4.68 Å². The van der Waals surface area contributed by atoms with Gasteiger partial charge < -0.3 is 14.6 Å². The molecule has 2 aromatic heterocycles. The maximum absolute atomic E-state index is 13.9. The zero-order chi connectivity index (χ0) is 23.9. The summed E-state index contributed by atoms with van der Waals surface area (Å²) >= 11 is 6.43. The van der Waals surface area contributed by atoms with E-state index >= 15 is 0 Å². The third-order valence-corrected chi connectivity index (χ3v) is 6.65. The SMILES string of the molecule is O=C(c1nn2c(c1Cl)N[C@@H](c1ccco1)C[C@H]2C(F)(F)F)N1CCN(Cc2ccccc2)CC1. The van der Waals surface area contributed by atoms with E-state index in [1.807, 2.05) is 30.3 Å². The van der Waals surface area contributed by atoms with Crippen molar-refractivity contribution in [3.8, 4) is 0 Å². The number of rotatable bonds is 4. The van der Waals surface area contributed by atoms with Crippen molar-refractivity contribution < 1.29 is 22.4 Å². The Balaban J connectivity index is 1.34. The predicted molar refractivity (Wildman–Crippen MR) is 120 cm³/mol. The van der Waals surface area contributed by atoms with Crippen LogP contribution in [0.15, 0.2) is 53.1 Å². The number of amides is 1. The highest BCUT2D eigenvalue weighted by Crippen LogP contribution is 2.46. The average Bonchev–Trinajstić information content (AvgIpc) is 3.47. The first kappa shape index (κ1) is 22.8. The van der Waals surface area contributed by atoms with E-state index in [0.29, 0.717) is 31.9 Å². The molecule has 2 aliphatic heterocycles. The van der Waals surface area contributed by atoms with E-state index in [9.17, 15) is 18.0 Å². The van der Waals surface area contributed by atoms with E-state index in [2.05, 4.69) is 15.3 Å². The number of carbonyl (C=O) groups excluding carboxylic acids is 1. The minimum absolute atomic E-state index is 0.0253. The Kier molecular flexibility index (Phi) is 6.03. The molecule has 1 aromatic carbocycles. The van der Waals surface area contributed by atoms with Crippen LogP contribution in [0.5, 0.6) is 0 Å². The lowest BCUT2D eigenvalue weighted by molar-refractivity contribution is -0.174. The van der Waals surface area contributed by atoms with E-state index in [0.717, 1.165) is 11.2 Å². The summed E-state index contributed by atoms with van der Waals surface area (Å²) in [4.78, 5) is 17.0. The highest BCUT2D eigenvalue weighted by Gasteiger charge is 2.48. The smallest absolute Gasteiger partial charge is 0.410 e. The first-order chi connectivity index (χ1) is 16.3. The fourth-order valence-electron chi connectivity index (χ4n) is 4.50. The van der Waals surface area contributed by atoms with Crippen LogP contribution in [-0.4, -0.2) is 57.8 Å². The molecular formula is C23H23ClF3N5O2. The third kappa shape index (κ3) is 4.39. The monoisotopic (exact) mass is 493 g/mol. The molecule has 7 nitrogen and oxygen atoms in total. The molecule has 1 fully saturated rings. The number of halogens is 4. The summed E-state index contributed by atoms with van der Waals surface area (Å²) in [6, 6.07) is 10.6. The second-order valence-electron chi connectivity index (χ2n) is 8.52. The van der Waals surface area contributed by atoms with Gasteiger partial charge in [0.05, 0.1) is 12.3 Å². The van der Waals surface area contributed by atoms with E-state index in [-0.39, 0.29) is 23.0 Å². The molecule has 5 rings (SSSR count). The number of nitrogens with one attached hydrogen (secondary N) is 1. The number of hydrogen-bond acceptors (Lipinski definition) is 5. The first-order valence-electron chi connectivity index (χ1n) is 11.0. The van der Waals surface area contributed by atoms with Crippen molar-refractivity contribution in [1.29, 1.82) is 0 Å². The second kappa shape index (κ2) is 8.99. The average molecular weight is 494 g/mol. The molecule has 11 heteroatoms. The van der Waals surface area contributed by atoms with Crippen LogP contribution in [0, 0.1) is 0 Å². The number of nitrogens with zero attached hydrogens (tertiary/aromatic N) is 4. The molecule has 4 heterocycles. The maximum Gasteiger partial charge on any atom is 0.410 e. The van der Waals surface area contributed by atoms with Crippen LogP contribution in [0.1, 0.15) is 40.3 Å². The van der Waals surface area contributed by atoms with Gasteiger partial charge in [-0.05, 0) is 17.7 Å². The van der Waals surface area contributed by atoms with Crippen molar-refractivity contribution in [3.05, 3.63) is 70.8 Å². The van der Waals surface area contributed by atoms with Crippen LogP contribution in [0.2, 0.25) is 5.02 Å². The van der Waals surface area contributed by atoms with E-state index in [1.54, 1.807) is 17.0 Å². The molecule has 0 saturated carbocycles. The molecule has 0 radical (unpaired) electrons. The van der Waals surface area contributed by atoms with E-state index in [4.69, 9.17) is 16.0 Å². The lowest BCUT2D eigenvalue weighted by Gasteiger charge is -2.34. The zero-order valence-corrected chi connectivity index (χ0v) is 18.9. The third-order valence-electron chi connectivity index (χ3n) is 6.29. The topological polar surface area (TPSA) is 66.5 Å². The van der Waals surface area contributed by atoms with E-state index in [1.165, 1.54) is 11.8 Å². The molecule has 0 bridgehead atoms. The van der Waals surface area contributed by atoms with Crippen LogP contribution in [0.4, 0.5) is 19.0 Å². The molecule has 0 aliphatic carbocycles. The molecule has 2 atom stereocenters. The summed E-state index contributed by atoms with van der Waals surface area (Å²) in [6.07, 6.45) is -3.49. The number of furan rings is 1. The number of piperazine rings is 1. The predicted octanol–water partition coefficient (Wildman–Crippen LogP) is 4.75. The van der Waals surface area contributed by atoms with Gasteiger partial charge in [-0.3, -0.25) is 9.69 Å². The van der Waals surface area contributed by atoms with Gasteiger partial charge in [-0.2, -0.15) is 18.3 Å². The van der Waals surface area contributed by atoms with Crippen molar-refractivity contribution in [1.82, 2.24) is 19.6 Å². The van der Waals surface area contributed by atoms with Crippen molar-refractivity contribution in [2.24, 2.45) is 0 Å². The van der Waals surface area contributed by atoms with Gasteiger partial charge in [0.2, 0.25) is 0 Å². The number of alkyl halides is 3. The van der Waals surface area contributed by atoms with Gasteiger partial charge in [0.15, 0.2) is 11.7 Å². The Hall–Kier alpha value is -2.98. The van der Waals surface area contributed by atoms with Gasteiger partial charge in [-0.15, -0.1) is 0 Å². The quantitative estimate of drug-likeness (QED) is 0.568. The molecular weight excluding hydrogens is 471 g/mol. The highest BCUT2D eigenvalue weighted by molar-refractivity contribution is 6.36. The summed E-state index contributed by atoms with van der Waals surface area (Å²) in [5, 5.41) is 6.91. The molecule has 0 spiro atoms. The van der Waals surface area contributed by atoms with Gasteiger partial charge in [-0.1, -0.05) is 41.9 Å². The number of hydrogen-bond donors (Lipinski definition) is 1. The van der Waals surface area contributed by atoms with Crippen LogP contribution in [0.3, 0.4) is 0 Å². The lowest BCUT2D eigenvalue weighted by atomic mass is 10.0. The Morgan fingerprint density at radius 3 is 2.50 bits per heavy atom. The fraction of sp³-hybridized carbons (Fsp3) is 0.391. The second-order valence-corrected chi connectivity index (χ2v) is 8.89. The molecule has 0 unspecified atom stereocenters. The molecule has 34 heavy (non-hydrogen) atoms. The van der Waals surface area contributed by atoms with Gasteiger partial charge in [0.25, 0.3) is 5.91 Å². The summed E-state index contributed by atoms with van der Waals surface area (Å²) in [5.74, 6) is -0.133. The fourth-order valence-corrected chi connectivity index (χ4v) is 4.76. The Labute approximate surface area is 199 Å². The molecule has 1 amide bonds. The number of aromatic nitrogens is 2. The minimum atomic E-state index is -4.57. The van der Waals surface area contributed by atoms with Gasteiger partial charge in [0.1, 0.15) is 16.6 Å². The molecule has 1 saturated heterocycles. The van der Waals surface area contributed by atoms with Crippen LogP contribution in [-0.2, 0) is 6.54 Å². The number of anilines is 1. The van der Waals surface area contributed by atoms with Crippen molar-refractivity contribution in [2.45, 2.75) is 31.2 Å². The highest BCUT2D eigenvalue weighted by atomic mass is 35.5. The Morgan fingerprint density at radius 1 is 1.12 bits per heavy atom. The van der Waals surface area contributed by atoms with Crippen LogP contribution in [0.25, 0.3) is 0 Å². The summed E-state index contributed by atoms with van der Waals surface area (Å²) in [6.45, 7) is 2.95. The summed E-state index contributed by atoms with van der Waals surface area (Å²) < 4.78 is 47.8. The summed E-state index contributed by atoms with van der Waals surface area (Å²) in [7, 11) is 0. The summed E-state index contributed by atoms with van der Waals surface area (Å²) in [5.41, 5.74) is 1.01. The molecule has 2 aliphatic rings. The number of benzene rings is 1.